The fourth-order valence-electron chi connectivity index (χ4n) is 1.33. The van der Waals surface area contributed by atoms with Crippen LogP contribution in [0.25, 0.3) is 0 Å². The van der Waals surface area contributed by atoms with E-state index in [4.69, 9.17) is 5.73 Å². The summed E-state index contributed by atoms with van der Waals surface area (Å²) in [7, 11) is 0. The van der Waals surface area contributed by atoms with E-state index in [9.17, 15) is 4.79 Å². The van der Waals surface area contributed by atoms with E-state index in [-0.39, 0.29) is 5.56 Å². The van der Waals surface area contributed by atoms with Crippen LogP contribution >= 0.6 is 27.7 Å². The molecule has 2 aromatic heterocycles. The molecule has 3 N–H and O–H groups in total. The Hall–Kier alpha value is -1.34. The molecule has 0 radical (unpaired) electrons. The van der Waals surface area contributed by atoms with Crippen LogP contribution in [0.15, 0.2) is 31.7 Å². The molecule has 0 aliphatic rings. The van der Waals surface area contributed by atoms with Crippen LogP contribution in [0.5, 0.6) is 0 Å². The van der Waals surface area contributed by atoms with Gasteiger partial charge in [-0.05, 0) is 47.1 Å². The van der Waals surface area contributed by atoms with Gasteiger partial charge in [0.1, 0.15) is 5.03 Å². The van der Waals surface area contributed by atoms with Crippen LogP contribution in [0.2, 0.25) is 0 Å². The maximum atomic E-state index is 11.3. The molecule has 2 rings (SSSR count). The first-order valence-corrected chi connectivity index (χ1v) is 6.74. The Morgan fingerprint density at radius 2 is 2.17 bits per heavy atom. The van der Waals surface area contributed by atoms with Crippen molar-refractivity contribution in [3.8, 4) is 0 Å². The van der Waals surface area contributed by atoms with E-state index in [0.717, 1.165) is 15.1 Å². The predicted molar refractivity (Wildman–Crippen MR) is 74.8 cm³/mol. The smallest absolute Gasteiger partial charge is 0.251 e. The molecule has 2 aromatic rings. The molecule has 0 fully saturated rings. The second-order valence-corrected chi connectivity index (χ2v) is 5.52. The Labute approximate surface area is 116 Å². The normalized spacial score (nSPS) is 10.6. The molecule has 94 valence electrons. The summed E-state index contributed by atoms with van der Waals surface area (Å²) in [4.78, 5) is 22.5. The van der Waals surface area contributed by atoms with Crippen molar-refractivity contribution in [3.63, 3.8) is 0 Å². The minimum absolute atomic E-state index is 0.173. The van der Waals surface area contributed by atoms with Gasteiger partial charge in [-0.3, -0.25) is 4.79 Å². The third kappa shape index (κ3) is 2.73. The topological polar surface area (TPSA) is 84.7 Å². The van der Waals surface area contributed by atoms with E-state index in [2.05, 4.69) is 30.9 Å². The van der Waals surface area contributed by atoms with Crippen LogP contribution in [-0.4, -0.2) is 15.0 Å². The van der Waals surface area contributed by atoms with Crippen molar-refractivity contribution in [2.45, 2.75) is 24.0 Å². The Bertz CT molecular complexity index is 656. The van der Waals surface area contributed by atoms with Gasteiger partial charge in [0.25, 0.3) is 5.56 Å². The van der Waals surface area contributed by atoms with Gasteiger partial charge >= 0.3 is 0 Å². The standard InChI is InChI=1S/C11H11BrN4OS/c1-5-3-8(17)16-11(15-5)18-10-9(12)6(2)7(13)4-14-10/h3-4H,13H2,1-2H3,(H,15,16,17). The molecule has 0 saturated heterocycles. The highest BCUT2D eigenvalue weighted by atomic mass is 79.9. The van der Waals surface area contributed by atoms with E-state index in [1.165, 1.54) is 17.8 Å². The predicted octanol–water partition coefficient (Wildman–Crippen LogP) is 2.28. The first-order chi connectivity index (χ1) is 8.47. The summed E-state index contributed by atoms with van der Waals surface area (Å²) in [5, 5.41) is 1.23. The summed E-state index contributed by atoms with van der Waals surface area (Å²) in [6.45, 7) is 3.67. The highest BCUT2D eigenvalue weighted by Crippen LogP contribution is 2.33. The molecule has 0 atom stereocenters. The number of aryl methyl sites for hydroxylation is 1. The Morgan fingerprint density at radius 1 is 1.44 bits per heavy atom. The molecule has 0 aromatic carbocycles. The van der Waals surface area contributed by atoms with Crippen LogP contribution in [0.4, 0.5) is 5.69 Å². The Kier molecular flexibility index (Phi) is 3.72. The molecular formula is C11H11BrN4OS. The molecule has 5 nitrogen and oxygen atoms in total. The molecule has 0 spiro atoms. The number of aromatic nitrogens is 3. The maximum Gasteiger partial charge on any atom is 0.251 e. The average molecular weight is 327 g/mol. The van der Waals surface area contributed by atoms with Gasteiger partial charge in [-0.25, -0.2) is 9.97 Å². The number of nitrogen functional groups attached to an aromatic ring is 1. The monoisotopic (exact) mass is 326 g/mol. The van der Waals surface area contributed by atoms with Crippen molar-refractivity contribution >= 4 is 33.4 Å². The first-order valence-electron chi connectivity index (χ1n) is 5.14. The molecular weight excluding hydrogens is 316 g/mol. The summed E-state index contributed by atoms with van der Waals surface area (Å²) in [6, 6.07) is 1.45. The second-order valence-electron chi connectivity index (χ2n) is 3.75. The van der Waals surface area contributed by atoms with Gasteiger partial charge in [0.2, 0.25) is 0 Å². The van der Waals surface area contributed by atoms with Crippen LogP contribution in [-0.2, 0) is 0 Å². The molecule has 0 unspecified atom stereocenters. The third-order valence-corrected chi connectivity index (χ3v) is 4.43. The number of anilines is 1. The van der Waals surface area contributed by atoms with Crippen molar-refractivity contribution in [1.29, 1.82) is 0 Å². The zero-order chi connectivity index (χ0) is 13.3. The second kappa shape index (κ2) is 5.11. The van der Waals surface area contributed by atoms with Gasteiger partial charge < -0.3 is 10.7 Å². The summed E-state index contributed by atoms with van der Waals surface area (Å²) in [6.07, 6.45) is 1.59. The van der Waals surface area contributed by atoms with Gasteiger partial charge in [-0.15, -0.1) is 0 Å². The van der Waals surface area contributed by atoms with E-state index in [1.807, 2.05) is 6.92 Å². The van der Waals surface area contributed by atoms with Crippen LogP contribution in [0.1, 0.15) is 11.3 Å². The van der Waals surface area contributed by atoms with Gasteiger partial charge in [0.15, 0.2) is 5.16 Å². The lowest BCUT2D eigenvalue weighted by molar-refractivity contribution is 0.900. The van der Waals surface area contributed by atoms with Crippen LogP contribution in [0.3, 0.4) is 0 Å². The lowest BCUT2D eigenvalue weighted by atomic mass is 10.3. The number of halogens is 1. The van der Waals surface area contributed by atoms with E-state index in [1.54, 1.807) is 13.1 Å². The number of hydrogen-bond acceptors (Lipinski definition) is 5. The number of H-pyrrole nitrogens is 1. The van der Waals surface area contributed by atoms with Crippen LogP contribution < -0.4 is 11.3 Å². The lowest BCUT2D eigenvalue weighted by Gasteiger charge is -2.07. The fraction of sp³-hybridized carbons (Fsp3) is 0.182. The molecule has 18 heavy (non-hydrogen) atoms. The molecule has 0 amide bonds. The van der Waals surface area contributed by atoms with Gasteiger partial charge in [-0.1, -0.05) is 0 Å². The minimum atomic E-state index is -0.173. The first kappa shape index (κ1) is 13.1. The van der Waals surface area contributed by atoms with E-state index in [0.29, 0.717) is 16.5 Å². The molecule has 0 aliphatic carbocycles. The van der Waals surface area contributed by atoms with Gasteiger partial charge in [0.05, 0.1) is 16.4 Å². The number of nitrogens with two attached hydrogens (primary N) is 1. The summed E-state index contributed by atoms with van der Waals surface area (Å²) in [5.74, 6) is 0. The summed E-state index contributed by atoms with van der Waals surface area (Å²) >= 11 is 4.73. The van der Waals surface area contributed by atoms with Crippen molar-refractivity contribution in [2.75, 3.05) is 5.73 Å². The Morgan fingerprint density at radius 3 is 2.83 bits per heavy atom. The minimum Gasteiger partial charge on any atom is -0.397 e. The SMILES string of the molecule is Cc1cc(=O)[nH]c(Sc2ncc(N)c(C)c2Br)n1. The molecule has 2 heterocycles. The quantitative estimate of drug-likeness (QED) is 0.827. The zero-order valence-electron chi connectivity index (χ0n) is 9.82. The number of hydrogen-bond donors (Lipinski definition) is 2. The van der Waals surface area contributed by atoms with Crippen molar-refractivity contribution in [2.24, 2.45) is 0 Å². The van der Waals surface area contributed by atoms with Crippen molar-refractivity contribution in [3.05, 3.63) is 38.3 Å². The maximum absolute atomic E-state index is 11.3. The van der Waals surface area contributed by atoms with Crippen LogP contribution in [0, 0.1) is 13.8 Å². The zero-order valence-corrected chi connectivity index (χ0v) is 12.2. The third-order valence-electron chi connectivity index (χ3n) is 2.31. The average Bonchev–Trinajstić information content (AvgIpc) is 2.29. The molecule has 7 heteroatoms. The van der Waals surface area contributed by atoms with Gasteiger partial charge in [-0.2, -0.15) is 0 Å². The number of nitrogens with one attached hydrogen (secondary N) is 1. The molecule has 0 saturated carbocycles. The molecule has 0 aliphatic heterocycles. The van der Waals surface area contributed by atoms with Crippen molar-refractivity contribution < 1.29 is 0 Å². The largest absolute Gasteiger partial charge is 0.397 e. The fourth-order valence-corrected chi connectivity index (χ4v) is 2.78. The number of rotatable bonds is 2. The van der Waals surface area contributed by atoms with E-state index < -0.39 is 0 Å². The number of pyridine rings is 1. The summed E-state index contributed by atoms with van der Waals surface area (Å²) in [5.41, 5.74) is 7.80. The van der Waals surface area contributed by atoms with Crippen molar-refractivity contribution in [1.82, 2.24) is 15.0 Å². The summed E-state index contributed by atoms with van der Waals surface area (Å²) < 4.78 is 0.816. The number of nitrogens with zero attached hydrogens (tertiary/aromatic N) is 2. The highest BCUT2D eigenvalue weighted by Gasteiger charge is 2.10. The van der Waals surface area contributed by atoms with Gasteiger partial charge in [0, 0.05) is 11.8 Å². The Balaban J connectivity index is 2.40. The lowest BCUT2D eigenvalue weighted by Crippen LogP contribution is -2.08. The van der Waals surface area contributed by atoms with E-state index >= 15 is 0 Å². The number of aromatic amines is 1. The molecule has 0 bridgehead atoms. The highest BCUT2D eigenvalue weighted by molar-refractivity contribution is 9.10.